The third-order valence-electron chi connectivity index (χ3n) is 5.27. The van der Waals surface area contributed by atoms with E-state index in [0.29, 0.717) is 0 Å². The van der Waals surface area contributed by atoms with Gasteiger partial charge in [0, 0.05) is 22.5 Å². The summed E-state index contributed by atoms with van der Waals surface area (Å²) in [4.78, 5) is 0. The van der Waals surface area contributed by atoms with Crippen LogP contribution in [0.5, 0.6) is 0 Å². The van der Waals surface area contributed by atoms with Crippen LogP contribution >= 0.6 is 0 Å². The van der Waals surface area contributed by atoms with E-state index in [2.05, 4.69) is 115 Å². The fourth-order valence-electron chi connectivity index (χ4n) is 4.01. The summed E-state index contributed by atoms with van der Waals surface area (Å²) < 4.78 is 0. The van der Waals surface area contributed by atoms with Gasteiger partial charge in [0.2, 0.25) is 0 Å². The van der Waals surface area contributed by atoms with Crippen molar-refractivity contribution in [2.24, 2.45) is 0 Å². The van der Waals surface area contributed by atoms with Crippen LogP contribution in [0.15, 0.2) is 146 Å². The first-order valence-corrected chi connectivity index (χ1v) is 9.98. The van der Waals surface area contributed by atoms with Crippen molar-refractivity contribution in [1.29, 1.82) is 0 Å². The molecule has 1 heteroatoms. The molecule has 0 radical (unpaired) electrons. The van der Waals surface area contributed by atoms with Crippen molar-refractivity contribution in [3.63, 3.8) is 0 Å². The molecule has 0 bridgehead atoms. The van der Waals surface area contributed by atoms with Gasteiger partial charge in [0.1, 0.15) is 0 Å². The molecule has 0 fully saturated rings. The van der Waals surface area contributed by atoms with E-state index in [-0.39, 0.29) is 22.5 Å². The standard InChI is InChI=1S/C24H19.C5H5.Fe/c1-4-12-20(13-5-1)24(23-18-10-11-19-23,21-14-6-2-7-15-21)22-16-8-3-9-17-22;1-2-4-5-3-1;/h1-19H;1-5H;/q-1;-5;. The summed E-state index contributed by atoms with van der Waals surface area (Å²) in [6, 6.07) is 51.1. The van der Waals surface area contributed by atoms with Gasteiger partial charge in [0.05, 0.1) is 0 Å². The van der Waals surface area contributed by atoms with E-state index in [0.717, 1.165) is 0 Å². The van der Waals surface area contributed by atoms with Crippen LogP contribution in [0.1, 0.15) is 22.3 Å². The van der Waals surface area contributed by atoms with Crippen LogP contribution in [0.2, 0.25) is 0 Å². The minimum Gasteiger partial charge on any atom is -0.748 e. The first-order chi connectivity index (χ1) is 14.4. The van der Waals surface area contributed by atoms with Gasteiger partial charge in [-0.1, -0.05) is 91.0 Å². The Hall–Kier alpha value is -3.12. The number of benzene rings is 3. The van der Waals surface area contributed by atoms with Crippen molar-refractivity contribution in [1.82, 2.24) is 0 Å². The second kappa shape index (κ2) is 10.6. The molecule has 0 aliphatic heterocycles. The van der Waals surface area contributed by atoms with Gasteiger partial charge in [-0.15, -0.1) is 5.56 Å². The Bertz CT molecular complexity index is 947. The molecule has 0 aliphatic rings. The molecule has 30 heavy (non-hydrogen) atoms. The molecule has 0 nitrogen and oxygen atoms in total. The van der Waals surface area contributed by atoms with Crippen molar-refractivity contribution >= 4 is 0 Å². The Labute approximate surface area is 190 Å². The van der Waals surface area contributed by atoms with Gasteiger partial charge in [-0.05, 0) is 16.7 Å². The predicted molar refractivity (Wildman–Crippen MR) is 122 cm³/mol. The molecule has 0 N–H and O–H groups in total. The molecule has 0 unspecified atom stereocenters. The molecular formula is C29H24Fe-6. The molecule has 0 amide bonds. The smallest absolute Gasteiger partial charge is 0.0257 e. The maximum atomic E-state index is 2.23. The van der Waals surface area contributed by atoms with Gasteiger partial charge in [0.15, 0.2) is 0 Å². The summed E-state index contributed by atoms with van der Waals surface area (Å²) >= 11 is 0. The zero-order valence-corrected chi connectivity index (χ0v) is 17.8. The number of hydrogen-bond donors (Lipinski definition) is 0. The summed E-state index contributed by atoms with van der Waals surface area (Å²) in [6.07, 6.45) is 0. The van der Waals surface area contributed by atoms with E-state index in [1.165, 1.54) is 22.3 Å². The van der Waals surface area contributed by atoms with Crippen molar-refractivity contribution in [3.05, 3.63) is 168 Å². The molecule has 0 spiro atoms. The van der Waals surface area contributed by atoms with Crippen molar-refractivity contribution in [3.8, 4) is 0 Å². The summed E-state index contributed by atoms with van der Waals surface area (Å²) in [6.45, 7) is 0. The van der Waals surface area contributed by atoms with Crippen molar-refractivity contribution in [2.45, 2.75) is 5.41 Å². The predicted octanol–water partition coefficient (Wildman–Crippen LogP) is 7.19. The van der Waals surface area contributed by atoms with E-state index < -0.39 is 0 Å². The molecule has 0 aliphatic carbocycles. The molecule has 5 aromatic carbocycles. The van der Waals surface area contributed by atoms with Gasteiger partial charge in [0.25, 0.3) is 0 Å². The molecular weight excluding hydrogens is 404 g/mol. The molecule has 0 aromatic heterocycles. The number of hydrogen-bond acceptors (Lipinski definition) is 0. The molecule has 154 valence electrons. The van der Waals surface area contributed by atoms with Crippen LogP contribution in [-0.4, -0.2) is 0 Å². The minimum atomic E-state index is -0.298. The van der Waals surface area contributed by atoms with E-state index in [4.69, 9.17) is 0 Å². The van der Waals surface area contributed by atoms with E-state index in [9.17, 15) is 0 Å². The van der Waals surface area contributed by atoms with Crippen LogP contribution in [0, 0.1) is 0 Å². The monoisotopic (exact) mass is 428 g/mol. The normalized spacial score (nSPS) is 10.4. The first kappa shape index (κ1) is 21.6. The summed E-state index contributed by atoms with van der Waals surface area (Å²) in [5.74, 6) is 0. The zero-order chi connectivity index (χ0) is 19.8. The third-order valence-corrected chi connectivity index (χ3v) is 5.27. The second-order valence-electron chi connectivity index (χ2n) is 6.98. The summed E-state index contributed by atoms with van der Waals surface area (Å²) in [5.41, 5.74) is 4.86. The van der Waals surface area contributed by atoms with Crippen LogP contribution in [0.4, 0.5) is 0 Å². The van der Waals surface area contributed by atoms with Crippen LogP contribution in [0.3, 0.4) is 0 Å². The van der Waals surface area contributed by atoms with E-state index in [1.807, 2.05) is 30.3 Å². The Morgan fingerprint density at radius 1 is 0.433 bits per heavy atom. The Morgan fingerprint density at radius 3 is 1.03 bits per heavy atom. The van der Waals surface area contributed by atoms with Crippen LogP contribution < -0.4 is 0 Å². The molecule has 0 heterocycles. The number of rotatable bonds is 4. The van der Waals surface area contributed by atoms with Crippen LogP contribution in [0.25, 0.3) is 0 Å². The van der Waals surface area contributed by atoms with Gasteiger partial charge >= 0.3 is 0 Å². The quantitative estimate of drug-likeness (QED) is 0.161. The van der Waals surface area contributed by atoms with Crippen molar-refractivity contribution < 1.29 is 17.1 Å². The fraction of sp³-hybridized carbons (Fsp3) is 0.0345. The fourth-order valence-corrected chi connectivity index (χ4v) is 4.01. The molecule has 5 rings (SSSR count). The largest absolute Gasteiger partial charge is 0.748 e. The second-order valence-corrected chi connectivity index (χ2v) is 6.98. The maximum absolute atomic E-state index is 2.23. The molecule has 0 saturated heterocycles. The van der Waals surface area contributed by atoms with Crippen LogP contribution in [-0.2, 0) is 22.5 Å². The first-order valence-electron chi connectivity index (χ1n) is 9.98. The van der Waals surface area contributed by atoms with Gasteiger partial charge in [-0.25, -0.2) is 12.1 Å². The zero-order valence-electron chi connectivity index (χ0n) is 16.7. The minimum absolute atomic E-state index is 0. The third kappa shape index (κ3) is 4.39. The van der Waals surface area contributed by atoms with Gasteiger partial charge < -0.3 is 30.3 Å². The molecule has 5 aromatic rings. The summed E-state index contributed by atoms with van der Waals surface area (Å²) in [7, 11) is 0. The van der Waals surface area contributed by atoms with E-state index >= 15 is 0 Å². The Balaban J connectivity index is 0.000000376. The van der Waals surface area contributed by atoms with E-state index in [1.54, 1.807) is 0 Å². The average molecular weight is 428 g/mol. The SMILES string of the molecule is [Fe].[cH-]1[cH-][cH-][cH-][cH-]1.c1ccc(C(c2ccccc2)(c2ccccc2)[c-]2cccc2)cc1. The topological polar surface area (TPSA) is 0 Å². The average Bonchev–Trinajstić information content (AvgIpc) is 3.54. The molecule has 0 saturated carbocycles. The summed E-state index contributed by atoms with van der Waals surface area (Å²) in [5, 5.41) is 0. The Morgan fingerprint density at radius 2 is 0.733 bits per heavy atom. The maximum Gasteiger partial charge on any atom is 0.0257 e. The molecule has 0 atom stereocenters. The van der Waals surface area contributed by atoms with Crippen molar-refractivity contribution in [2.75, 3.05) is 0 Å². The van der Waals surface area contributed by atoms with Gasteiger partial charge in [-0.3, -0.25) is 0 Å². The Kier molecular flexibility index (Phi) is 7.62. The van der Waals surface area contributed by atoms with Gasteiger partial charge in [-0.2, -0.15) is 12.1 Å².